The minimum absolute atomic E-state index is 0. The minimum atomic E-state index is 0. The molecule has 0 nitrogen and oxygen atoms in total. The predicted octanol–water partition coefficient (Wildman–Crippen LogP) is 17.7. The topological polar surface area (TPSA) is 0 Å². The van der Waals surface area contributed by atoms with Crippen molar-refractivity contribution in [2.24, 2.45) is 0 Å². The van der Waals surface area contributed by atoms with Crippen molar-refractivity contribution in [1.82, 2.24) is 0 Å². The Bertz CT molecular complexity index is 4320. The second kappa shape index (κ2) is 34.7. The van der Waals surface area contributed by atoms with Crippen molar-refractivity contribution in [1.29, 1.82) is 0 Å². The molecule has 0 unspecified atom stereocenters. The fourth-order valence-electron chi connectivity index (χ4n) is 12.0. The molecule has 0 amide bonds. The van der Waals surface area contributed by atoms with Gasteiger partial charge in [0.05, 0.1) is 0 Å². The summed E-state index contributed by atoms with van der Waals surface area (Å²) in [4.78, 5) is 0. The number of hydrogen-bond donors (Lipinski definition) is 0. The molecule has 16 aromatic rings. The van der Waals surface area contributed by atoms with Crippen LogP contribution in [0, 0.1) is 27.7 Å². The van der Waals surface area contributed by atoms with E-state index in [-0.39, 0.29) is 24.8 Å². The summed E-state index contributed by atoms with van der Waals surface area (Å²) in [7, 11) is 0. The molecule has 0 saturated carbocycles. The molecule has 0 heterocycles. The SMILES string of the molecule is Cc1c[cH-]c2cccc(-c3ccccc3)c12.Cc1c[cH-]c2cccc(-c3ccccc3)c12.Cc1c[cH-]c2cccc(-c3ccccc3)c12.Cc1c[cH-]c2cccc(-c3ccccc3)c12.[Cl-].[Cl-].[Ti+2]=[C](c1ccccc1)c1ccccc1.[Ti+2]=[C](c1ccccc1)c1ccccc1. The molecule has 16 aromatic carbocycles. The quantitative estimate of drug-likeness (QED) is 0.105. The van der Waals surface area contributed by atoms with Gasteiger partial charge in [-0.15, -0.1) is 116 Å². The molecular weight excluding hydrogens is 1250 g/mol. The molecule has 4 heteroatoms. The molecule has 0 aliphatic rings. The maximum atomic E-state index is 2.20. The van der Waals surface area contributed by atoms with Gasteiger partial charge in [-0.25, -0.2) is 0 Å². The Morgan fingerprint density at radius 2 is 0.383 bits per heavy atom. The third-order valence-electron chi connectivity index (χ3n) is 16.6. The number of rotatable bonds is 8. The number of aryl methyl sites for hydroxylation is 4. The number of hydrogen-bond acceptors (Lipinski definition) is 0. The molecule has 94 heavy (non-hydrogen) atoms. The molecule has 16 rings (SSSR count). The monoisotopic (exact) mass is 1320 g/mol. The number of halogens is 2. The Hall–Kier alpha value is -9.17. The molecule has 0 aliphatic heterocycles. The van der Waals surface area contributed by atoms with Crippen molar-refractivity contribution in [2.75, 3.05) is 0 Å². The third kappa shape index (κ3) is 17.3. The molecule has 0 fully saturated rings. The average molecular weight is 1320 g/mol. The van der Waals surface area contributed by atoms with E-state index >= 15 is 0 Å². The van der Waals surface area contributed by atoms with Crippen LogP contribution in [-0.2, 0) is 39.9 Å². The first kappa shape index (κ1) is 69.2. The van der Waals surface area contributed by atoms with Crippen molar-refractivity contribution in [3.8, 4) is 44.5 Å². The van der Waals surface area contributed by atoms with Gasteiger partial charge >= 0.3 is 191 Å². The van der Waals surface area contributed by atoms with Crippen LogP contribution in [0.5, 0.6) is 0 Å². The zero-order valence-corrected chi connectivity index (χ0v) is 58.0. The molecule has 0 radical (unpaired) electrons. The van der Waals surface area contributed by atoms with Crippen molar-refractivity contribution < 1.29 is 64.8 Å². The molecule has 0 aliphatic carbocycles. The summed E-state index contributed by atoms with van der Waals surface area (Å²) in [5.41, 5.74) is 21.1. The van der Waals surface area contributed by atoms with Gasteiger partial charge in [0, 0.05) is 0 Å². The second-order valence-electron chi connectivity index (χ2n) is 22.8. The van der Waals surface area contributed by atoms with Crippen LogP contribution < -0.4 is 24.8 Å². The van der Waals surface area contributed by atoms with Gasteiger partial charge in [0.2, 0.25) is 0 Å². The summed E-state index contributed by atoms with van der Waals surface area (Å²) in [6.45, 7) is 8.70. The predicted molar refractivity (Wildman–Crippen MR) is 391 cm³/mol. The van der Waals surface area contributed by atoms with Gasteiger partial charge in [-0.05, 0) is 22.3 Å². The normalized spacial score (nSPS) is 10.3. The van der Waals surface area contributed by atoms with E-state index in [4.69, 9.17) is 0 Å². The van der Waals surface area contributed by atoms with E-state index < -0.39 is 0 Å². The Kier molecular flexibility index (Phi) is 25.5. The van der Waals surface area contributed by atoms with Crippen LogP contribution in [0.4, 0.5) is 0 Å². The molecule has 0 bridgehead atoms. The van der Waals surface area contributed by atoms with Gasteiger partial charge in [0.25, 0.3) is 0 Å². The summed E-state index contributed by atoms with van der Waals surface area (Å²) < 4.78 is 2.65. The Morgan fingerprint density at radius 3 is 0.564 bits per heavy atom. The van der Waals surface area contributed by atoms with E-state index in [9.17, 15) is 0 Å². The summed E-state index contributed by atoms with van der Waals surface area (Å²) in [5, 5.41) is 10.9. The van der Waals surface area contributed by atoms with E-state index in [1.54, 1.807) is 0 Å². The first-order valence-electron chi connectivity index (χ1n) is 31.4. The summed E-state index contributed by atoms with van der Waals surface area (Å²) in [5.74, 6) is 0. The van der Waals surface area contributed by atoms with Crippen molar-refractivity contribution in [2.45, 2.75) is 27.7 Å². The fourth-order valence-corrected chi connectivity index (χ4v) is 13.0. The number of benzene rings is 12. The molecule has 0 N–H and O–H groups in total. The van der Waals surface area contributed by atoms with Crippen molar-refractivity contribution in [3.05, 3.63) is 408 Å². The Balaban J connectivity index is 0.000000132. The van der Waals surface area contributed by atoms with Crippen LogP contribution in [0.1, 0.15) is 44.5 Å². The van der Waals surface area contributed by atoms with E-state index in [1.807, 2.05) is 24.3 Å². The number of fused-ring (bicyclic) bond motifs is 4. The summed E-state index contributed by atoms with van der Waals surface area (Å²) in [6.07, 6.45) is 0. The van der Waals surface area contributed by atoms with Crippen LogP contribution in [0.25, 0.3) is 87.6 Å². The van der Waals surface area contributed by atoms with Crippen LogP contribution in [0.15, 0.2) is 364 Å². The van der Waals surface area contributed by atoms with Gasteiger partial charge in [0.1, 0.15) is 0 Å². The van der Waals surface area contributed by atoms with Crippen LogP contribution in [0.3, 0.4) is 0 Å². The zero-order valence-electron chi connectivity index (χ0n) is 53.4. The third-order valence-corrected chi connectivity index (χ3v) is 18.4. The van der Waals surface area contributed by atoms with Crippen LogP contribution in [0.2, 0.25) is 0 Å². The Labute approximate surface area is 591 Å². The average Bonchev–Trinajstić information content (AvgIpc) is 1.67. The fraction of sp³-hybridized carbons (Fsp3) is 0.0444. The molecule has 0 spiro atoms. The van der Waals surface area contributed by atoms with E-state index in [0.717, 1.165) is 0 Å². The maximum absolute atomic E-state index is 2.20. The van der Waals surface area contributed by atoms with Crippen molar-refractivity contribution >= 4 is 50.7 Å². The molecule has 0 saturated heterocycles. The standard InChI is InChI=1S/4C16H13.2C13H10.2ClH.2Ti/c4*1-12-10-11-14-8-5-9-15(16(12)14)13-6-3-2-4-7-13;2*1-3-7-12(8-4-1)11-13-9-5-2-6-10-13;;;;/h4*2-11H,1H3;2*1-10H;2*1H;;/q4*-1;;;;;2*+2/p-2. The first-order valence-corrected chi connectivity index (χ1v) is 33.0. The van der Waals surface area contributed by atoms with E-state index in [2.05, 4.69) is 407 Å². The van der Waals surface area contributed by atoms with Crippen LogP contribution >= 0.6 is 0 Å². The zero-order chi connectivity index (χ0) is 63.4. The van der Waals surface area contributed by atoms with Crippen molar-refractivity contribution in [3.63, 3.8) is 0 Å². The molecule has 0 aromatic heterocycles. The first-order chi connectivity index (χ1) is 45.2. The van der Waals surface area contributed by atoms with E-state index in [1.165, 1.54) is 140 Å². The van der Waals surface area contributed by atoms with Gasteiger partial charge < -0.3 is 24.8 Å². The van der Waals surface area contributed by atoms with Gasteiger partial charge in [-0.2, -0.15) is 46.5 Å². The molecular formula is C90H72Cl2Ti2-2. The van der Waals surface area contributed by atoms with Gasteiger partial charge in [0.15, 0.2) is 0 Å². The molecule has 0 atom stereocenters. The Morgan fingerprint density at radius 1 is 0.213 bits per heavy atom. The molecule has 456 valence electrons. The second-order valence-corrected chi connectivity index (χ2v) is 24.4. The van der Waals surface area contributed by atoms with E-state index in [0.29, 0.717) is 0 Å². The van der Waals surface area contributed by atoms with Gasteiger partial charge in [-0.3, -0.25) is 0 Å². The summed E-state index contributed by atoms with van der Waals surface area (Å²) >= 11 is 4.31. The van der Waals surface area contributed by atoms with Gasteiger partial charge in [-0.1, -0.05) is 196 Å². The van der Waals surface area contributed by atoms with Crippen LogP contribution in [-0.4, -0.2) is 7.62 Å². The summed E-state index contributed by atoms with van der Waals surface area (Å²) in [6, 6.07) is 128.